The minimum atomic E-state index is 0.120. The lowest BCUT2D eigenvalue weighted by atomic mass is 9.89. The monoisotopic (exact) mass is 666 g/mol. The molecule has 0 atom stereocenters. The number of hydrogen-bond donors (Lipinski definition) is 1. The Labute approximate surface area is 300 Å². The van der Waals surface area contributed by atoms with E-state index in [9.17, 15) is 0 Å². The van der Waals surface area contributed by atoms with Crippen LogP contribution in [0.3, 0.4) is 0 Å². The second-order valence-corrected chi connectivity index (χ2v) is 13.0. The fourth-order valence-corrected chi connectivity index (χ4v) is 7.51. The fraction of sp³-hybridized carbons (Fsp3) is 0. The summed E-state index contributed by atoms with van der Waals surface area (Å²) in [6, 6.07) is 58.3. The molecule has 5 nitrogen and oxygen atoms in total. The number of amidine groups is 2. The minimum Gasteiger partial charge on any atom is -0.456 e. The van der Waals surface area contributed by atoms with Gasteiger partial charge in [0, 0.05) is 44.8 Å². The van der Waals surface area contributed by atoms with Crippen LogP contribution in [0.5, 0.6) is 0 Å². The summed E-state index contributed by atoms with van der Waals surface area (Å²) in [4.78, 5) is 12.1. The molecule has 0 fully saturated rings. The van der Waals surface area contributed by atoms with Crippen LogP contribution in [0, 0.1) is 5.41 Å². The third-order valence-electron chi connectivity index (χ3n) is 9.91. The topological polar surface area (TPSA) is 65.0 Å². The Bertz CT molecular complexity index is 2920. The van der Waals surface area contributed by atoms with E-state index in [4.69, 9.17) is 19.8 Å². The molecule has 0 bridgehead atoms. The summed E-state index contributed by atoms with van der Waals surface area (Å²) in [6.45, 7) is 0. The van der Waals surface area contributed by atoms with E-state index in [0.29, 0.717) is 11.4 Å². The molecule has 9 aromatic rings. The molecule has 0 unspecified atom stereocenters. The van der Waals surface area contributed by atoms with E-state index in [1.165, 1.54) is 32.7 Å². The zero-order valence-corrected chi connectivity index (χ0v) is 28.0. The summed E-state index contributed by atoms with van der Waals surface area (Å²) in [5, 5.41) is 15.9. The molecule has 1 aliphatic heterocycles. The van der Waals surface area contributed by atoms with E-state index in [0.717, 1.165) is 50.1 Å². The number of anilines is 3. The maximum atomic E-state index is 9.13. The molecule has 1 aliphatic rings. The number of nitrogens with one attached hydrogen (secondary N) is 1. The third kappa shape index (κ3) is 4.90. The van der Waals surface area contributed by atoms with E-state index in [1.807, 2.05) is 79.0 Å². The van der Waals surface area contributed by atoms with Gasteiger partial charge in [-0.05, 0) is 69.8 Å². The molecule has 52 heavy (non-hydrogen) atoms. The van der Waals surface area contributed by atoms with Crippen molar-refractivity contribution in [3.63, 3.8) is 0 Å². The van der Waals surface area contributed by atoms with Crippen molar-refractivity contribution < 1.29 is 4.42 Å². The van der Waals surface area contributed by atoms with Gasteiger partial charge in [-0.3, -0.25) is 5.41 Å². The van der Waals surface area contributed by atoms with Gasteiger partial charge >= 0.3 is 0 Å². The minimum absolute atomic E-state index is 0.120. The molecule has 244 valence electrons. The number of para-hydroxylation sites is 1. The molecule has 0 saturated heterocycles. The Kier molecular flexibility index (Phi) is 6.89. The van der Waals surface area contributed by atoms with E-state index in [2.05, 4.69) is 102 Å². The van der Waals surface area contributed by atoms with E-state index in [1.54, 1.807) is 0 Å². The maximum absolute atomic E-state index is 9.13. The lowest BCUT2D eigenvalue weighted by molar-refractivity contribution is 0.669. The van der Waals surface area contributed by atoms with Crippen molar-refractivity contribution in [3.8, 4) is 11.1 Å². The highest BCUT2D eigenvalue weighted by atomic mass is 16.3. The average Bonchev–Trinajstić information content (AvgIpc) is 3.59. The van der Waals surface area contributed by atoms with Gasteiger partial charge in [-0.1, -0.05) is 127 Å². The molecule has 0 saturated carbocycles. The van der Waals surface area contributed by atoms with Gasteiger partial charge in [-0.15, -0.1) is 0 Å². The Morgan fingerprint density at radius 1 is 0.558 bits per heavy atom. The maximum Gasteiger partial charge on any atom is 0.161 e. The molecule has 1 aromatic heterocycles. The van der Waals surface area contributed by atoms with Gasteiger partial charge < -0.3 is 9.32 Å². The van der Waals surface area contributed by atoms with Crippen molar-refractivity contribution in [1.82, 2.24) is 0 Å². The first kappa shape index (κ1) is 29.8. The van der Waals surface area contributed by atoms with E-state index in [-0.39, 0.29) is 5.84 Å². The van der Waals surface area contributed by atoms with Gasteiger partial charge in [-0.25, -0.2) is 9.98 Å². The Hall–Kier alpha value is -7.11. The van der Waals surface area contributed by atoms with Crippen molar-refractivity contribution in [2.45, 2.75) is 0 Å². The van der Waals surface area contributed by atoms with Crippen molar-refractivity contribution in [2.75, 3.05) is 4.90 Å². The number of fused-ring (bicyclic) bond motifs is 6. The largest absolute Gasteiger partial charge is 0.456 e. The molecule has 10 rings (SSSR count). The first-order chi connectivity index (χ1) is 25.7. The highest BCUT2D eigenvalue weighted by Gasteiger charge is 2.26. The van der Waals surface area contributed by atoms with Crippen molar-refractivity contribution in [1.29, 1.82) is 5.41 Å². The van der Waals surface area contributed by atoms with Crippen molar-refractivity contribution >= 4 is 78.4 Å². The molecule has 2 heterocycles. The molecule has 0 spiro atoms. The normalized spacial score (nSPS) is 12.7. The molecule has 0 amide bonds. The highest BCUT2D eigenvalue weighted by Crippen LogP contribution is 2.51. The van der Waals surface area contributed by atoms with E-state index >= 15 is 0 Å². The third-order valence-corrected chi connectivity index (χ3v) is 9.91. The molecular weight excluding hydrogens is 637 g/mol. The lowest BCUT2D eigenvalue weighted by Crippen LogP contribution is -2.15. The second kappa shape index (κ2) is 12.0. The smallest absolute Gasteiger partial charge is 0.161 e. The molecule has 0 aliphatic carbocycles. The van der Waals surface area contributed by atoms with Crippen LogP contribution in [0.2, 0.25) is 0 Å². The number of hydrogen-bond acceptors (Lipinski definition) is 3. The zero-order valence-electron chi connectivity index (χ0n) is 28.0. The molecular formula is C47H30N4O. The Morgan fingerprint density at radius 3 is 2.10 bits per heavy atom. The molecule has 0 radical (unpaired) electrons. The van der Waals surface area contributed by atoms with Gasteiger partial charge in [0.05, 0.1) is 11.4 Å². The van der Waals surface area contributed by atoms with Crippen molar-refractivity contribution in [3.05, 3.63) is 187 Å². The van der Waals surface area contributed by atoms with Gasteiger partial charge in [0.15, 0.2) is 11.7 Å². The number of furan rings is 1. The van der Waals surface area contributed by atoms with Crippen LogP contribution in [0.1, 0.15) is 16.7 Å². The van der Waals surface area contributed by atoms with E-state index < -0.39 is 0 Å². The average molecular weight is 667 g/mol. The number of aliphatic imine (C=N–C) groups is 2. The van der Waals surface area contributed by atoms with Crippen LogP contribution in [0.15, 0.2) is 184 Å². The standard InChI is InChI=1S/C47H30N4O/c48-46(38-19-10-22-43-45(38)37-17-6-7-21-42(37)52-43)50-47(32-11-2-1-3-12-32)49-29-30-23-25-35(26-24-30)51-40-20-9-16-31-15-8-18-36(44(31)40)39-27-33-13-4-5-14-34(33)28-41(39)51/h1-29,48H/b48-46?,49-29+,50-47-. The van der Waals surface area contributed by atoms with Crippen LogP contribution >= 0.6 is 0 Å². The summed E-state index contributed by atoms with van der Waals surface area (Å²) >= 11 is 0. The first-order valence-corrected chi connectivity index (χ1v) is 17.3. The van der Waals surface area contributed by atoms with Gasteiger partial charge in [-0.2, -0.15) is 0 Å². The van der Waals surface area contributed by atoms with Crippen LogP contribution in [0.25, 0.3) is 54.6 Å². The molecule has 1 N–H and O–H groups in total. The summed E-state index contributed by atoms with van der Waals surface area (Å²) in [6.07, 6.45) is 1.82. The number of rotatable bonds is 4. The number of benzene rings is 8. The lowest BCUT2D eigenvalue weighted by Gasteiger charge is -2.34. The van der Waals surface area contributed by atoms with Crippen LogP contribution < -0.4 is 4.90 Å². The highest BCUT2D eigenvalue weighted by molar-refractivity contribution is 6.21. The predicted molar refractivity (Wildman–Crippen MR) is 216 cm³/mol. The van der Waals surface area contributed by atoms with Crippen molar-refractivity contribution in [2.24, 2.45) is 9.98 Å². The second-order valence-electron chi connectivity index (χ2n) is 13.0. The Morgan fingerprint density at radius 2 is 1.25 bits per heavy atom. The van der Waals surface area contributed by atoms with Crippen LogP contribution in [-0.2, 0) is 0 Å². The summed E-state index contributed by atoms with van der Waals surface area (Å²) in [5.41, 5.74) is 9.82. The fourth-order valence-electron chi connectivity index (χ4n) is 7.51. The summed E-state index contributed by atoms with van der Waals surface area (Å²) in [7, 11) is 0. The molecule has 8 aromatic carbocycles. The first-order valence-electron chi connectivity index (χ1n) is 17.3. The van der Waals surface area contributed by atoms with Gasteiger partial charge in [0.1, 0.15) is 11.2 Å². The molecule has 5 heteroatoms. The number of nitrogens with zero attached hydrogens (tertiary/aromatic N) is 3. The van der Waals surface area contributed by atoms with Gasteiger partial charge in [0.25, 0.3) is 0 Å². The van der Waals surface area contributed by atoms with Gasteiger partial charge in [0.2, 0.25) is 0 Å². The Balaban J connectivity index is 1.04. The predicted octanol–water partition coefficient (Wildman–Crippen LogP) is 12.2. The SMILES string of the molecule is N=C(/N=C(\N=C\c1ccc(N2c3cc4ccccc4cc3-c3cccc4cccc2c34)cc1)c1ccccc1)c1cccc2oc3ccccc3c12. The van der Waals surface area contributed by atoms with Crippen LogP contribution in [0.4, 0.5) is 17.1 Å². The quantitative estimate of drug-likeness (QED) is 0.150. The summed E-state index contributed by atoms with van der Waals surface area (Å²) in [5.74, 6) is 0.578. The zero-order chi connectivity index (χ0) is 34.6. The van der Waals surface area contributed by atoms with Crippen LogP contribution in [-0.4, -0.2) is 17.9 Å². The summed E-state index contributed by atoms with van der Waals surface area (Å²) < 4.78 is 6.09.